The van der Waals surface area contributed by atoms with E-state index in [1.54, 1.807) is 11.0 Å². The van der Waals surface area contributed by atoms with E-state index in [4.69, 9.17) is 14.2 Å². The number of amides is 2. The molecule has 1 aliphatic carbocycles. The molecule has 10 nitrogen and oxygen atoms in total. The molecule has 5 rings (SSSR count). The van der Waals surface area contributed by atoms with Gasteiger partial charge < -0.3 is 23.8 Å². The molecule has 1 spiro atoms. The Morgan fingerprint density at radius 3 is 2.68 bits per heavy atom. The maximum Gasteiger partial charge on any atom is 0.410 e. The number of hydrogen-bond acceptors (Lipinski definition) is 7. The largest absolute Gasteiger partial charge is 0.444 e. The van der Waals surface area contributed by atoms with Gasteiger partial charge in [-0.05, 0) is 69.1 Å². The fourth-order valence-corrected chi connectivity index (χ4v) is 5.40. The van der Waals surface area contributed by atoms with Gasteiger partial charge >= 0.3 is 6.09 Å². The van der Waals surface area contributed by atoms with Gasteiger partial charge in [0, 0.05) is 25.2 Å². The van der Waals surface area contributed by atoms with Crippen molar-refractivity contribution < 1.29 is 24.0 Å². The van der Waals surface area contributed by atoms with Crippen molar-refractivity contribution in [1.82, 2.24) is 19.6 Å². The molecular formula is C27H35N5O5. The fraction of sp³-hybridized carbons (Fsp3) is 0.556. The topological polar surface area (TPSA) is 123 Å². The molecule has 2 aromatic heterocycles. The molecule has 2 fully saturated rings. The van der Waals surface area contributed by atoms with Gasteiger partial charge in [-0.1, -0.05) is 25.1 Å². The summed E-state index contributed by atoms with van der Waals surface area (Å²) in [5.74, 6) is 0.292. The number of aliphatic hydroxyl groups is 1. The highest BCUT2D eigenvalue weighted by molar-refractivity contribution is 6.02. The van der Waals surface area contributed by atoms with E-state index in [0.29, 0.717) is 30.2 Å². The molecule has 1 saturated heterocycles. The number of rotatable bonds is 5. The van der Waals surface area contributed by atoms with Crippen molar-refractivity contribution in [2.75, 3.05) is 18.4 Å². The van der Waals surface area contributed by atoms with Gasteiger partial charge in [0.25, 0.3) is 5.91 Å². The zero-order valence-electron chi connectivity index (χ0n) is 22.1. The van der Waals surface area contributed by atoms with E-state index in [-0.39, 0.29) is 35.8 Å². The Kier molecular flexibility index (Phi) is 6.26. The Bertz CT molecular complexity index is 1330. The van der Waals surface area contributed by atoms with Gasteiger partial charge in [0.05, 0.1) is 23.3 Å². The summed E-state index contributed by atoms with van der Waals surface area (Å²) in [6.45, 7) is 10.8. The number of fused-ring (bicyclic) bond motifs is 1. The first-order valence-corrected chi connectivity index (χ1v) is 12.8. The minimum absolute atomic E-state index is 0.0293. The molecule has 1 aromatic carbocycles. The lowest BCUT2D eigenvalue weighted by Crippen LogP contribution is -2.43. The number of nitrogens with zero attached hydrogens (tertiary/aromatic N) is 4. The quantitative estimate of drug-likeness (QED) is 0.504. The van der Waals surface area contributed by atoms with Crippen molar-refractivity contribution in [3.63, 3.8) is 0 Å². The molecule has 2 amide bonds. The number of hydrogen-bond donors (Lipinski definition) is 2. The summed E-state index contributed by atoms with van der Waals surface area (Å²) in [7, 11) is 0. The fourth-order valence-electron chi connectivity index (χ4n) is 5.40. The predicted molar refractivity (Wildman–Crippen MR) is 137 cm³/mol. The highest BCUT2D eigenvalue weighted by Crippen LogP contribution is 2.55. The van der Waals surface area contributed by atoms with Crippen LogP contribution in [-0.4, -0.2) is 55.4 Å². The molecule has 37 heavy (non-hydrogen) atoms. The predicted octanol–water partition coefficient (Wildman–Crippen LogP) is 4.85. The lowest BCUT2D eigenvalue weighted by atomic mass is 9.65. The van der Waals surface area contributed by atoms with Crippen LogP contribution in [0.2, 0.25) is 0 Å². The van der Waals surface area contributed by atoms with E-state index in [2.05, 4.69) is 15.0 Å². The minimum Gasteiger partial charge on any atom is -0.444 e. The smallest absolute Gasteiger partial charge is 0.410 e. The molecule has 0 radical (unpaired) electrons. The Hall–Kier alpha value is -3.40. The van der Waals surface area contributed by atoms with E-state index >= 15 is 0 Å². The minimum atomic E-state index is -0.523. The standard InChI is InChI=1S/C27H35N5O5/c1-16(2)19-11-22(37-30-19)23(34)29-24-28-20-10-17(14-33)6-7-21(20)32(24)18-12-27(13-18)8-9-31(15-27)25(35)36-26(3,4)5/h6-7,10-11,16,18,33H,8-9,12-15H2,1-5H3,(H,28,29,34)/t18-,27-. The first-order valence-electron chi connectivity index (χ1n) is 12.8. The van der Waals surface area contributed by atoms with Crippen molar-refractivity contribution in [3.05, 3.63) is 41.3 Å². The summed E-state index contributed by atoms with van der Waals surface area (Å²) in [4.78, 5) is 32.1. The maximum absolute atomic E-state index is 13.0. The Morgan fingerprint density at radius 1 is 1.27 bits per heavy atom. The third-order valence-corrected chi connectivity index (χ3v) is 7.30. The van der Waals surface area contributed by atoms with E-state index < -0.39 is 11.5 Å². The summed E-state index contributed by atoms with van der Waals surface area (Å²) in [5.41, 5.74) is 2.55. The van der Waals surface area contributed by atoms with Crippen molar-refractivity contribution in [2.45, 2.75) is 78.0 Å². The first kappa shape index (κ1) is 25.3. The van der Waals surface area contributed by atoms with Crippen LogP contribution in [0.15, 0.2) is 28.8 Å². The Balaban J connectivity index is 1.37. The third kappa shape index (κ3) is 4.94. The molecule has 1 saturated carbocycles. The molecule has 198 valence electrons. The van der Waals surface area contributed by atoms with Gasteiger partial charge in [-0.3, -0.25) is 10.1 Å². The summed E-state index contributed by atoms with van der Waals surface area (Å²) >= 11 is 0. The number of anilines is 1. The molecule has 2 N–H and O–H groups in total. The number of likely N-dealkylation sites (tertiary alicyclic amines) is 1. The molecule has 0 unspecified atom stereocenters. The Labute approximate surface area is 216 Å². The number of carbonyl (C=O) groups is 2. The van der Waals surface area contributed by atoms with Crippen molar-refractivity contribution in [3.8, 4) is 0 Å². The molecule has 0 atom stereocenters. The number of ether oxygens (including phenoxy) is 1. The lowest BCUT2D eigenvalue weighted by Gasteiger charge is -2.46. The van der Waals surface area contributed by atoms with Crippen molar-refractivity contribution in [1.29, 1.82) is 0 Å². The Morgan fingerprint density at radius 2 is 2.03 bits per heavy atom. The van der Waals surface area contributed by atoms with Crippen LogP contribution in [0.4, 0.5) is 10.7 Å². The summed E-state index contributed by atoms with van der Waals surface area (Å²) in [5, 5.41) is 16.5. The van der Waals surface area contributed by atoms with Gasteiger partial charge in [0.1, 0.15) is 5.60 Å². The molecule has 1 aliphatic heterocycles. The van der Waals surface area contributed by atoms with E-state index in [1.807, 2.05) is 52.8 Å². The van der Waals surface area contributed by atoms with Crippen LogP contribution in [0.5, 0.6) is 0 Å². The third-order valence-electron chi connectivity index (χ3n) is 7.30. The molecular weight excluding hydrogens is 474 g/mol. The zero-order valence-corrected chi connectivity index (χ0v) is 22.1. The van der Waals surface area contributed by atoms with Crippen molar-refractivity contribution in [2.24, 2.45) is 5.41 Å². The van der Waals surface area contributed by atoms with Crippen LogP contribution in [0.1, 0.15) is 87.7 Å². The van der Waals surface area contributed by atoms with Crippen LogP contribution in [0.25, 0.3) is 11.0 Å². The number of aromatic nitrogens is 3. The van der Waals surface area contributed by atoms with Gasteiger partial charge in [0.2, 0.25) is 11.7 Å². The van der Waals surface area contributed by atoms with Crippen LogP contribution in [-0.2, 0) is 11.3 Å². The summed E-state index contributed by atoms with van der Waals surface area (Å²) in [6.07, 6.45) is 2.38. The van der Waals surface area contributed by atoms with Crippen LogP contribution >= 0.6 is 0 Å². The van der Waals surface area contributed by atoms with Gasteiger partial charge in [-0.2, -0.15) is 0 Å². The highest BCUT2D eigenvalue weighted by Gasteiger charge is 2.51. The molecule has 3 heterocycles. The number of nitrogens with one attached hydrogen (secondary N) is 1. The average Bonchev–Trinajstić information content (AvgIpc) is 3.53. The van der Waals surface area contributed by atoms with Gasteiger partial charge in [-0.15, -0.1) is 0 Å². The SMILES string of the molecule is CC(C)c1cc(C(=O)Nc2nc3cc(CO)ccc3n2[C@H]2C[C@@]3(CCN(C(=O)OC(C)(C)C)C3)C2)on1. The van der Waals surface area contributed by atoms with Gasteiger partial charge in [-0.25, -0.2) is 9.78 Å². The summed E-state index contributed by atoms with van der Waals surface area (Å²) < 4.78 is 12.9. The number of benzene rings is 1. The second-order valence-corrected chi connectivity index (χ2v) is 11.7. The van der Waals surface area contributed by atoms with E-state index in [1.165, 1.54) is 0 Å². The number of aliphatic hydroxyl groups excluding tert-OH is 1. The highest BCUT2D eigenvalue weighted by atomic mass is 16.6. The van der Waals surface area contributed by atoms with Crippen LogP contribution in [0, 0.1) is 5.41 Å². The normalized spacial score (nSPS) is 21.6. The molecule has 0 bridgehead atoms. The second-order valence-electron chi connectivity index (χ2n) is 11.7. The lowest BCUT2D eigenvalue weighted by molar-refractivity contribution is 0.0199. The number of carbonyl (C=O) groups excluding carboxylic acids is 2. The monoisotopic (exact) mass is 509 g/mol. The number of imidazole rings is 1. The summed E-state index contributed by atoms with van der Waals surface area (Å²) in [6, 6.07) is 7.40. The van der Waals surface area contributed by atoms with Crippen LogP contribution in [0.3, 0.4) is 0 Å². The van der Waals surface area contributed by atoms with Crippen molar-refractivity contribution >= 4 is 29.0 Å². The molecule has 3 aromatic rings. The average molecular weight is 510 g/mol. The molecule has 10 heteroatoms. The first-order chi connectivity index (χ1) is 17.5. The zero-order chi connectivity index (χ0) is 26.5. The molecule has 2 aliphatic rings. The van der Waals surface area contributed by atoms with E-state index in [0.717, 1.165) is 30.3 Å². The maximum atomic E-state index is 13.0. The van der Waals surface area contributed by atoms with Crippen LogP contribution < -0.4 is 5.32 Å². The van der Waals surface area contributed by atoms with Gasteiger partial charge in [0.15, 0.2) is 0 Å². The van der Waals surface area contributed by atoms with E-state index in [9.17, 15) is 14.7 Å². The second kappa shape index (κ2) is 9.16.